The largest absolute Gasteiger partial charge is 0.444 e. The molecular formula is C18H32N2O4. The first-order valence-corrected chi connectivity index (χ1v) is 8.47. The van der Waals surface area contributed by atoms with E-state index < -0.39 is 29.3 Å². The van der Waals surface area contributed by atoms with Gasteiger partial charge in [-0.1, -0.05) is 34.6 Å². The molecule has 1 heterocycles. The summed E-state index contributed by atoms with van der Waals surface area (Å²) in [5.74, 6) is -0.462. The van der Waals surface area contributed by atoms with E-state index in [4.69, 9.17) is 4.74 Å². The smallest absolute Gasteiger partial charge is 0.413 e. The van der Waals surface area contributed by atoms with E-state index in [1.807, 2.05) is 34.6 Å². The number of ether oxygens (including phenoxy) is 1. The lowest BCUT2D eigenvalue weighted by Gasteiger charge is -2.39. The van der Waals surface area contributed by atoms with Crippen LogP contribution in [0, 0.1) is 11.3 Å². The Balaban J connectivity index is 3.30. The molecule has 138 valence electrons. The van der Waals surface area contributed by atoms with Crippen molar-refractivity contribution < 1.29 is 19.1 Å². The number of nitrogens with zero attached hydrogens (tertiary/aromatic N) is 2. The lowest BCUT2D eigenvalue weighted by molar-refractivity contribution is -0.135. The third-order valence-corrected chi connectivity index (χ3v) is 3.78. The maximum Gasteiger partial charge on any atom is 0.413 e. The molecule has 1 saturated heterocycles. The van der Waals surface area contributed by atoms with Gasteiger partial charge in [0.05, 0.1) is 0 Å². The highest BCUT2D eigenvalue weighted by Crippen LogP contribution is 2.35. The molecule has 1 fully saturated rings. The van der Waals surface area contributed by atoms with Crippen molar-refractivity contribution in [2.24, 2.45) is 11.3 Å². The number of carbonyl (C=O) groups excluding carboxylic acids is 3. The van der Waals surface area contributed by atoms with Crippen molar-refractivity contribution in [2.45, 2.75) is 79.6 Å². The number of ketones is 1. The van der Waals surface area contributed by atoms with E-state index in [1.165, 1.54) is 9.80 Å². The molecule has 2 atom stereocenters. The van der Waals surface area contributed by atoms with Crippen molar-refractivity contribution in [3.8, 4) is 0 Å². The van der Waals surface area contributed by atoms with Crippen LogP contribution >= 0.6 is 0 Å². The standard InChI is InChI=1S/C18H32N2O4/c1-11(2)10-12(21)13-14(22)19(9)15(17(3,4)5)20(13)16(23)24-18(6,7)8/h11,13,15H,10H2,1-9H3/t13-,15-/m0/s1. The van der Waals surface area contributed by atoms with Gasteiger partial charge >= 0.3 is 6.09 Å². The summed E-state index contributed by atoms with van der Waals surface area (Å²) in [6.45, 7) is 15.0. The lowest BCUT2D eigenvalue weighted by atomic mass is 9.91. The van der Waals surface area contributed by atoms with Gasteiger partial charge in [0.2, 0.25) is 0 Å². The van der Waals surface area contributed by atoms with Crippen molar-refractivity contribution in [2.75, 3.05) is 7.05 Å². The second-order valence-corrected chi connectivity index (χ2v) is 9.04. The molecule has 0 saturated carbocycles. The number of amides is 2. The van der Waals surface area contributed by atoms with Gasteiger partial charge in [0.25, 0.3) is 5.91 Å². The van der Waals surface area contributed by atoms with Crippen LogP contribution in [-0.4, -0.2) is 52.4 Å². The Kier molecular flexibility index (Phi) is 5.73. The molecule has 0 radical (unpaired) electrons. The first-order chi connectivity index (χ1) is 10.7. The average molecular weight is 340 g/mol. The summed E-state index contributed by atoms with van der Waals surface area (Å²) in [5, 5.41) is 0. The van der Waals surface area contributed by atoms with Gasteiger partial charge in [0.1, 0.15) is 11.8 Å². The van der Waals surface area contributed by atoms with Gasteiger partial charge in [-0.2, -0.15) is 0 Å². The number of likely N-dealkylation sites (N-methyl/N-ethyl adjacent to an activating group) is 1. The first-order valence-electron chi connectivity index (χ1n) is 8.47. The van der Waals surface area contributed by atoms with E-state index in [0.717, 1.165) is 0 Å². The molecule has 0 aromatic heterocycles. The molecule has 1 aliphatic heterocycles. The highest BCUT2D eigenvalue weighted by molar-refractivity contribution is 6.09. The molecule has 1 rings (SSSR count). The summed E-state index contributed by atoms with van der Waals surface area (Å²) in [4.78, 5) is 41.0. The van der Waals surface area contributed by atoms with Gasteiger partial charge < -0.3 is 9.64 Å². The fourth-order valence-corrected chi connectivity index (χ4v) is 3.09. The van der Waals surface area contributed by atoms with Gasteiger partial charge in [-0.05, 0) is 26.7 Å². The zero-order valence-electron chi connectivity index (χ0n) is 16.5. The minimum Gasteiger partial charge on any atom is -0.444 e. The van der Waals surface area contributed by atoms with Gasteiger partial charge in [-0.25, -0.2) is 4.79 Å². The Morgan fingerprint density at radius 3 is 2.00 bits per heavy atom. The third kappa shape index (κ3) is 4.48. The predicted octanol–water partition coefficient (Wildman–Crippen LogP) is 3.05. The zero-order chi connectivity index (χ0) is 19.0. The van der Waals surface area contributed by atoms with Crippen LogP contribution in [0.2, 0.25) is 0 Å². The summed E-state index contributed by atoms with van der Waals surface area (Å²) in [6, 6.07) is -1.10. The van der Waals surface area contributed by atoms with Crippen molar-refractivity contribution in [3.63, 3.8) is 0 Å². The minimum atomic E-state index is -1.10. The Hall–Kier alpha value is -1.59. The second-order valence-electron chi connectivity index (χ2n) is 9.04. The molecule has 0 aromatic carbocycles. The van der Waals surface area contributed by atoms with Gasteiger partial charge in [0, 0.05) is 18.9 Å². The van der Waals surface area contributed by atoms with Crippen LogP contribution in [0.3, 0.4) is 0 Å². The fraction of sp³-hybridized carbons (Fsp3) is 0.833. The molecule has 24 heavy (non-hydrogen) atoms. The summed E-state index contributed by atoms with van der Waals surface area (Å²) >= 11 is 0. The molecule has 6 nitrogen and oxygen atoms in total. The molecule has 1 aliphatic rings. The lowest BCUT2D eigenvalue weighted by Crippen LogP contribution is -2.53. The van der Waals surface area contributed by atoms with Crippen LogP contribution in [-0.2, 0) is 14.3 Å². The Bertz CT molecular complexity index is 514. The van der Waals surface area contributed by atoms with Crippen LogP contribution in [0.25, 0.3) is 0 Å². The first kappa shape index (κ1) is 20.5. The molecule has 6 heteroatoms. The highest BCUT2D eigenvalue weighted by atomic mass is 16.6. The van der Waals surface area contributed by atoms with Crippen LogP contribution in [0.4, 0.5) is 4.79 Å². The maximum atomic E-state index is 12.8. The van der Waals surface area contributed by atoms with E-state index in [-0.39, 0.29) is 24.0 Å². The Labute approximate surface area is 145 Å². The topological polar surface area (TPSA) is 66.9 Å². The molecule has 0 aliphatic carbocycles. The molecule has 0 bridgehead atoms. The molecular weight excluding hydrogens is 308 g/mol. The highest BCUT2D eigenvalue weighted by Gasteiger charge is 2.55. The van der Waals surface area contributed by atoms with Crippen molar-refractivity contribution in [3.05, 3.63) is 0 Å². The molecule has 0 aromatic rings. The van der Waals surface area contributed by atoms with Crippen LogP contribution in [0.1, 0.15) is 61.8 Å². The minimum absolute atomic E-state index is 0.116. The zero-order valence-corrected chi connectivity index (χ0v) is 16.5. The summed E-state index contributed by atoms with van der Waals surface area (Å²) in [6.07, 6.45) is -0.899. The van der Waals surface area contributed by atoms with Gasteiger partial charge in [0.15, 0.2) is 11.8 Å². The molecule has 0 spiro atoms. The van der Waals surface area contributed by atoms with Crippen molar-refractivity contribution in [1.29, 1.82) is 0 Å². The second kappa shape index (κ2) is 6.73. The van der Waals surface area contributed by atoms with E-state index in [0.29, 0.717) is 0 Å². The molecule has 0 N–H and O–H groups in total. The monoisotopic (exact) mass is 340 g/mol. The van der Waals surface area contributed by atoms with E-state index in [9.17, 15) is 14.4 Å². The van der Waals surface area contributed by atoms with E-state index in [1.54, 1.807) is 27.8 Å². The summed E-state index contributed by atoms with van der Waals surface area (Å²) in [5.41, 5.74) is -1.11. The molecule has 0 unspecified atom stereocenters. The van der Waals surface area contributed by atoms with Gasteiger partial charge in [-0.3, -0.25) is 14.5 Å². The normalized spacial score (nSPS) is 22.3. The van der Waals surface area contributed by atoms with E-state index in [2.05, 4.69) is 0 Å². The van der Waals surface area contributed by atoms with Gasteiger partial charge in [-0.15, -0.1) is 0 Å². The fourth-order valence-electron chi connectivity index (χ4n) is 3.09. The number of hydrogen-bond acceptors (Lipinski definition) is 4. The van der Waals surface area contributed by atoms with Crippen LogP contribution in [0.5, 0.6) is 0 Å². The quantitative estimate of drug-likeness (QED) is 0.741. The summed E-state index contributed by atoms with van der Waals surface area (Å²) < 4.78 is 5.48. The van der Waals surface area contributed by atoms with Crippen LogP contribution < -0.4 is 0 Å². The maximum absolute atomic E-state index is 12.8. The number of carbonyl (C=O) groups is 3. The predicted molar refractivity (Wildman–Crippen MR) is 92.3 cm³/mol. The van der Waals surface area contributed by atoms with Crippen LogP contribution in [0.15, 0.2) is 0 Å². The molecule has 2 amide bonds. The average Bonchev–Trinajstić information content (AvgIpc) is 2.58. The number of Topliss-reactive ketones (excluding diaryl/α,β-unsaturated/α-hetero) is 1. The number of rotatable bonds is 3. The van der Waals surface area contributed by atoms with E-state index >= 15 is 0 Å². The summed E-state index contributed by atoms with van der Waals surface area (Å²) in [7, 11) is 1.64. The Morgan fingerprint density at radius 2 is 1.62 bits per heavy atom. The van der Waals surface area contributed by atoms with Crippen molar-refractivity contribution >= 4 is 17.8 Å². The Morgan fingerprint density at radius 1 is 1.12 bits per heavy atom. The SMILES string of the molecule is CC(C)CC(=O)[C@H]1C(=O)N(C)[C@H](C(C)(C)C)N1C(=O)OC(C)(C)C. The third-order valence-electron chi connectivity index (χ3n) is 3.78. The van der Waals surface area contributed by atoms with Crippen molar-refractivity contribution in [1.82, 2.24) is 9.80 Å². The number of hydrogen-bond donors (Lipinski definition) is 0.